The number of hydrogen-bond donors (Lipinski definition) is 0. The molecule has 10 nitrogen and oxygen atoms in total. The summed E-state index contributed by atoms with van der Waals surface area (Å²) in [5.41, 5.74) is 3.12. The molecule has 0 aliphatic carbocycles. The summed E-state index contributed by atoms with van der Waals surface area (Å²) in [6, 6.07) is 20.8. The summed E-state index contributed by atoms with van der Waals surface area (Å²) >= 11 is 1.09. The summed E-state index contributed by atoms with van der Waals surface area (Å²) in [4.78, 5) is 59.8. The van der Waals surface area contributed by atoms with Crippen LogP contribution in [-0.4, -0.2) is 36.6 Å². The van der Waals surface area contributed by atoms with Crippen molar-refractivity contribution < 1.29 is 28.6 Å². The van der Waals surface area contributed by atoms with Crippen LogP contribution in [0.4, 0.5) is 5.69 Å². The second kappa shape index (κ2) is 11.4. The van der Waals surface area contributed by atoms with Gasteiger partial charge >= 0.3 is 11.9 Å². The van der Waals surface area contributed by atoms with E-state index in [9.17, 15) is 19.2 Å². The number of nitrogens with zero attached hydrogens (tertiary/aromatic N) is 3. The number of esters is 2. The largest absolute Gasteiger partial charge is 0.493 e. The number of carbonyl (C=O) groups excluding carboxylic acids is 3. The van der Waals surface area contributed by atoms with Gasteiger partial charge in [-0.25, -0.2) is 9.79 Å². The Morgan fingerprint density at radius 3 is 2.39 bits per heavy atom. The van der Waals surface area contributed by atoms with Gasteiger partial charge in [-0.2, -0.15) is 0 Å². The van der Waals surface area contributed by atoms with E-state index in [-0.39, 0.29) is 33.1 Å². The number of ether oxygens (including phenoxy) is 3. The first-order valence-electron chi connectivity index (χ1n) is 13.7. The van der Waals surface area contributed by atoms with Crippen molar-refractivity contribution in [3.8, 4) is 11.5 Å². The summed E-state index contributed by atoms with van der Waals surface area (Å²) in [6.45, 7) is 3.28. The van der Waals surface area contributed by atoms with Gasteiger partial charge in [-0.3, -0.25) is 19.0 Å². The van der Waals surface area contributed by atoms with Gasteiger partial charge in [-0.1, -0.05) is 65.9 Å². The number of aromatic nitrogens is 1. The molecule has 0 N–H and O–H groups in total. The Kier molecular flexibility index (Phi) is 7.48. The highest BCUT2D eigenvalue weighted by Gasteiger charge is 2.37. The van der Waals surface area contributed by atoms with Gasteiger partial charge in [-0.05, 0) is 36.2 Å². The van der Waals surface area contributed by atoms with Gasteiger partial charge in [0.25, 0.3) is 11.5 Å². The number of para-hydroxylation sites is 1. The first-order chi connectivity index (χ1) is 21.2. The minimum absolute atomic E-state index is 0.155. The number of rotatable bonds is 6. The number of benzene rings is 3. The molecule has 0 spiro atoms. The summed E-state index contributed by atoms with van der Waals surface area (Å²) in [5, 5.41) is 0. The van der Waals surface area contributed by atoms with Crippen molar-refractivity contribution in [3.63, 3.8) is 0 Å². The molecular weight excluding hydrogens is 582 g/mol. The van der Waals surface area contributed by atoms with Crippen LogP contribution in [0.25, 0.3) is 5.57 Å². The average Bonchev–Trinajstić information content (AvgIpc) is 3.48. The lowest BCUT2D eigenvalue weighted by atomic mass is 9.95. The number of amides is 1. The predicted molar refractivity (Wildman–Crippen MR) is 163 cm³/mol. The van der Waals surface area contributed by atoms with E-state index >= 15 is 0 Å². The molecule has 2 aliphatic heterocycles. The van der Waals surface area contributed by atoms with Crippen molar-refractivity contribution in [2.24, 2.45) is 4.99 Å². The number of carbonyl (C=O) groups is 3. The lowest BCUT2D eigenvalue weighted by Gasteiger charge is -2.25. The fourth-order valence-electron chi connectivity index (χ4n) is 5.57. The Hall–Kier alpha value is -5.29. The molecule has 0 unspecified atom stereocenters. The molecule has 11 heteroatoms. The van der Waals surface area contributed by atoms with Crippen LogP contribution in [0.2, 0.25) is 0 Å². The summed E-state index contributed by atoms with van der Waals surface area (Å²) in [6.07, 6.45) is 0. The van der Waals surface area contributed by atoms with Crippen LogP contribution in [0.15, 0.2) is 93.9 Å². The van der Waals surface area contributed by atoms with Gasteiger partial charge in [-0.15, -0.1) is 0 Å². The van der Waals surface area contributed by atoms with Gasteiger partial charge < -0.3 is 19.1 Å². The Morgan fingerprint density at radius 2 is 1.68 bits per heavy atom. The maximum absolute atomic E-state index is 14.4. The van der Waals surface area contributed by atoms with Gasteiger partial charge in [0.2, 0.25) is 0 Å². The minimum Gasteiger partial charge on any atom is -0.493 e. The normalized spacial score (nSPS) is 16.7. The number of thiazole rings is 1. The molecule has 44 heavy (non-hydrogen) atoms. The summed E-state index contributed by atoms with van der Waals surface area (Å²) in [5.74, 6) is -1.07. The van der Waals surface area contributed by atoms with Crippen LogP contribution in [0.5, 0.6) is 11.5 Å². The van der Waals surface area contributed by atoms with Crippen molar-refractivity contribution in [2.45, 2.75) is 26.4 Å². The summed E-state index contributed by atoms with van der Waals surface area (Å²) in [7, 11) is 2.68. The highest BCUT2D eigenvalue weighted by Crippen LogP contribution is 2.38. The number of fused-ring (bicyclic) bond motifs is 2. The number of allylic oxidation sites excluding steroid dienone is 1. The standard InChI is InChI=1S/C33H27N3O7S/c1-18-26(32(40)42-4)28(21-14-15-24(43-19(2)37)25(16-21)41-3)36-31(39)29(44-33(36)34-18)27-22-12-8-9-13-23(22)35(30(27)38)17-20-10-6-5-7-11-20/h5-16,28H,17H2,1-4H3/b29-27-/t28-/m1/s1. The van der Waals surface area contributed by atoms with E-state index in [1.165, 1.54) is 31.8 Å². The molecule has 6 rings (SSSR count). The van der Waals surface area contributed by atoms with Crippen LogP contribution in [0.1, 0.15) is 36.6 Å². The SMILES string of the molecule is COC(=O)C1=C(C)N=c2s/c(=C3\C(=O)N(Cc4ccccc4)c4ccccc43)c(=O)n2[C@@H]1c1ccc(OC(C)=O)c(OC)c1. The summed E-state index contributed by atoms with van der Waals surface area (Å²) < 4.78 is 17.5. The highest BCUT2D eigenvalue weighted by atomic mass is 32.1. The molecule has 222 valence electrons. The van der Waals surface area contributed by atoms with E-state index in [1.54, 1.807) is 24.0 Å². The molecule has 1 amide bonds. The van der Waals surface area contributed by atoms with Crippen LogP contribution < -0.4 is 29.3 Å². The van der Waals surface area contributed by atoms with Crippen molar-refractivity contribution in [2.75, 3.05) is 19.1 Å². The van der Waals surface area contributed by atoms with Crippen molar-refractivity contribution in [3.05, 3.63) is 120 Å². The minimum atomic E-state index is -0.958. The third-order valence-corrected chi connectivity index (χ3v) is 8.55. The van der Waals surface area contributed by atoms with E-state index in [2.05, 4.69) is 4.99 Å². The molecule has 2 aliphatic rings. The van der Waals surface area contributed by atoms with E-state index in [0.29, 0.717) is 33.9 Å². The quantitative estimate of drug-likeness (QED) is 0.243. The molecule has 0 fully saturated rings. The molecule has 1 aromatic heterocycles. The average molecular weight is 610 g/mol. The molecule has 1 atom stereocenters. The molecule has 0 bridgehead atoms. The lowest BCUT2D eigenvalue weighted by molar-refractivity contribution is -0.136. The van der Waals surface area contributed by atoms with E-state index in [4.69, 9.17) is 14.2 Å². The van der Waals surface area contributed by atoms with Crippen LogP contribution in [-0.2, 0) is 25.7 Å². The Balaban J connectivity index is 1.58. The first kappa shape index (κ1) is 28.8. The third kappa shape index (κ3) is 4.80. The van der Waals surface area contributed by atoms with Crippen LogP contribution >= 0.6 is 11.3 Å². The maximum Gasteiger partial charge on any atom is 0.338 e. The molecule has 4 aromatic rings. The smallest absolute Gasteiger partial charge is 0.338 e. The van der Waals surface area contributed by atoms with Gasteiger partial charge in [0.1, 0.15) is 4.53 Å². The second-order valence-electron chi connectivity index (χ2n) is 10.2. The third-order valence-electron chi connectivity index (χ3n) is 7.49. The van der Waals surface area contributed by atoms with Crippen LogP contribution in [0.3, 0.4) is 0 Å². The van der Waals surface area contributed by atoms with Gasteiger partial charge in [0, 0.05) is 12.5 Å². The first-order valence-corrected chi connectivity index (χ1v) is 14.5. The topological polar surface area (TPSA) is 117 Å². The van der Waals surface area contributed by atoms with Crippen LogP contribution in [0, 0.1) is 0 Å². The van der Waals surface area contributed by atoms with Crippen molar-refractivity contribution >= 4 is 40.4 Å². The Labute approximate surface area is 255 Å². The van der Waals surface area contributed by atoms with E-state index < -0.39 is 23.5 Å². The van der Waals surface area contributed by atoms with Gasteiger partial charge in [0.15, 0.2) is 16.3 Å². The van der Waals surface area contributed by atoms with Crippen molar-refractivity contribution in [1.29, 1.82) is 0 Å². The molecular formula is C33H27N3O7S. The molecule has 3 aromatic carbocycles. The molecule has 0 saturated heterocycles. The van der Waals surface area contributed by atoms with E-state index in [1.807, 2.05) is 54.6 Å². The fraction of sp³-hybridized carbons (Fsp3) is 0.182. The lowest BCUT2D eigenvalue weighted by Crippen LogP contribution is -2.40. The zero-order valence-electron chi connectivity index (χ0n) is 24.3. The Bertz CT molecular complexity index is 2060. The second-order valence-corrected chi connectivity index (χ2v) is 11.1. The van der Waals surface area contributed by atoms with E-state index in [0.717, 1.165) is 16.9 Å². The number of anilines is 1. The monoisotopic (exact) mass is 609 g/mol. The fourth-order valence-corrected chi connectivity index (χ4v) is 6.71. The highest BCUT2D eigenvalue weighted by molar-refractivity contribution is 7.07. The molecule has 0 saturated carbocycles. The molecule has 3 heterocycles. The zero-order chi connectivity index (χ0) is 31.1. The maximum atomic E-state index is 14.4. The zero-order valence-corrected chi connectivity index (χ0v) is 25.1. The number of hydrogen-bond acceptors (Lipinski definition) is 9. The molecule has 0 radical (unpaired) electrons. The van der Waals surface area contributed by atoms with Crippen molar-refractivity contribution in [1.82, 2.24) is 4.57 Å². The van der Waals surface area contributed by atoms with Gasteiger partial charge in [0.05, 0.1) is 49.3 Å². The Morgan fingerprint density at radius 1 is 0.955 bits per heavy atom. The predicted octanol–water partition coefficient (Wildman–Crippen LogP) is 3.26. The number of methoxy groups -OCH3 is 2.